The minimum absolute atomic E-state index is 0.120. The summed E-state index contributed by atoms with van der Waals surface area (Å²) in [6.45, 7) is 0. The van der Waals surface area contributed by atoms with Crippen LogP contribution >= 0.6 is 0 Å². The van der Waals surface area contributed by atoms with Gasteiger partial charge in [0.2, 0.25) is 5.91 Å². The molecule has 2 aromatic carbocycles. The van der Waals surface area contributed by atoms with Gasteiger partial charge in [-0.05, 0) is 78.9 Å². The highest BCUT2D eigenvalue weighted by molar-refractivity contribution is 6.02. The summed E-state index contributed by atoms with van der Waals surface area (Å²) in [7, 11) is 0. The number of fused-ring (bicyclic) bond motifs is 2. The molecule has 0 spiro atoms. The van der Waals surface area contributed by atoms with Gasteiger partial charge in [0.1, 0.15) is 5.58 Å². The lowest BCUT2D eigenvalue weighted by Crippen LogP contribution is -2.14. The molecule has 0 unspecified atom stereocenters. The number of aryl methyl sites for hydroxylation is 2. The highest BCUT2D eigenvalue weighted by atomic mass is 16.3. The Bertz CT molecular complexity index is 1220. The third-order valence-corrected chi connectivity index (χ3v) is 5.39. The van der Waals surface area contributed by atoms with Gasteiger partial charge in [-0.3, -0.25) is 9.59 Å². The van der Waals surface area contributed by atoms with Crippen LogP contribution in [0, 0.1) is 0 Å². The molecule has 0 radical (unpaired) electrons. The van der Waals surface area contributed by atoms with Crippen LogP contribution in [0.15, 0.2) is 69.9 Å². The van der Waals surface area contributed by atoms with Crippen LogP contribution in [0.25, 0.3) is 11.0 Å². The Balaban J connectivity index is 1.24. The number of carbonyl (C=O) groups is 2. The number of amides is 2. The first-order valence-corrected chi connectivity index (χ1v) is 9.92. The molecular weight excluding hydrogens is 380 g/mol. The molecule has 5 rings (SSSR count). The predicted molar refractivity (Wildman–Crippen MR) is 114 cm³/mol. The van der Waals surface area contributed by atoms with E-state index in [1.807, 2.05) is 0 Å². The molecule has 0 saturated carbocycles. The van der Waals surface area contributed by atoms with Crippen molar-refractivity contribution in [2.45, 2.75) is 25.7 Å². The summed E-state index contributed by atoms with van der Waals surface area (Å²) in [6.07, 6.45) is 6.72. The summed E-state index contributed by atoms with van der Waals surface area (Å²) in [5.41, 5.74) is 5.72. The van der Waals surface area contributed by atoms with Gasteiger partial charge in [-0.15, -0.1) is 0 Å². The van der Waals surface area contributed by atoms with Crippen LogP contribution in [-0.2, 0) is 24.1 Å². The Kier molecular flexibility index (Phi) is 4.59. The Labute approximate surface area is 172 Å². The summed E-state index contributed by atoms with van der Waals surface area (Å²) in [5.74, 6) is -0.203. The van der Waals surface area contributed by atoms with E-state index < -0.39 is 0 Å². The van der Waals surface area contributed by atoms with E-state index >= 15 is 0 Å². The normalized spacial score (nSPS) is 12.7. The van der Waals surface area contributed by atoms with Crippen molar-refractivity contribution in [3.8, 4) is 0 Å². The lowest BCUT2D eigenvalue weighted by Gasteiger charge is -2.07. The van der Waals surface area contributed by atoms with Gasteiger partial charge in [-0.25, -0.2) is 0 Å². The fourth-order valence-corrected chi connectivity index (χ4v) is 3.90. The van der Waals surface area contributed by atoms with Crippen LogP contribution < -0.4 is 10.6 Å². The van der Waals surface area contributed by atoms with Gasteiger partial charge in [-0.1, -0.05) is 0 Å². The van der Waals surface area contributed by atoms with Crippen molar-refractivity contribution in [3.05, 3.63) is 83.5 Å². The second-order valence-electron chi connectivity index (χ2n) is 7.47. The van der Waals surface area contributed by atoms with E-state index in [4.69, 9.17) is 8.83 Å². The largest absolute Gasteiger partial charge is 0.464 e. The first-order chi connectivity index (χ1) is 14.7. The zero-order chi connectivity index (χ0) is 20.5. The van der Waals surface area contributed by atoms with Crippen LogP contribution in [0.1, 0.15) is 33.7 Å². The Morgan fingerprint density at radius 1 is 0.900 bits per heavy atom. The fourth-order valence-electron chi connectivity index (χ4n) is 3.90. The third-order valence-electron chi connectivity index (χ3n) is 5.39. The number of carbonyl (C=O) groups excluding carboxylic acids is 2. The monoisotopic (exact) mass is 400 g/mol. The van der Waals surface area contributed by atoms with E-state index in [1.165, 1.54) is 23.8 Å². The highest BCUT2D eigenvalue weighted by Crippen LogP contribution is 2.30. The second kappa shape index (κ2) is 7.55. The maximum absolute atomic E-state index is 12.5. The van der Waals surface area contributed by atoms with Crippen molar-refractivity contribution in [3.63, 3.8) is 0 Å². The molecule has 4 aromatic rings. The molecule has 0 saturated heterocycles. The smallest absolute Gasteiger partial charge is 0.291 e. The van der Waals surface area contributed by atoms with Gasteiger partial charge in [0.25, 0.3) is 5.91 Å². The van der Waals surface area contributed by atoms with Crippen molar-refractivity contribution in [2.24, 2.45) is 0 Å². The van der Waals surface area contributed by atoms with Crippen molar-refractivity contribution in [2.75, 3.05) is 10.6 Å². The number of hydrogen-bond acceptors (Lipinski definition) is 4. The topological polar surface area (TPSA) is 84.5 Å². The van der Waals surface area contributed by atoms with Gasteiger partial charge >= 0.3 is 0 Å². The van der Waals surface area contributed by atoms with Crippen LogP contribution in [0.2, 0.25) is 0 Å². The maximum atomic E-state index is 12.5. The summed E-state index contributed by atoms with van der Waals surface area (Å²) < 4.78 is 10.8. The average Bonchev–Trinajstić information content (AvgIpc) is 3.49. The Hall–Kier alpha value is -3.80. The quantitative estimate of drug-likeness (QED) is 0.497. The van der Waals surface area contributed by atoms with Gasteiger partial charge in [0.05, 0.1) is 18.9 Å². The number of furan rings is 2. The van der Waals surface area contributed by atoms with Crippen molar-refractivity contribution >= 4 is 34.2 Å². The fraction of sp³-hybridized carbons (Fsp3) is 0.167. The van der Waals surface area contributed by atoms with Gasteiger partial charge in [0.15, 0.2) is 5.76 Å². The molecular formula is C24H20N2O4. The van der Waals surface area contributed by atoms with E-state index in [-0.39, 0.29) is 24.0 Å². The second-order valence-corrected chi connectivity index (χ2v) is 7.47. The molecule has 0 bridgehead atoms. The lowest BCUT2D eigenvalue weighted by molar-refractivity contribution is -0.115. The molecule has 0 aliphatic heterocycles. The van der Waals surface area contributed by atoms with Crippen molar-refractivity contribution < 1.29 is 18.4 Å². The molecule has 2 amide bonds. The molecule has 0 atom stereocenters. The van der Waals surface area contributed by atoms with Gasteiger partial charge in [-0.2, -0.15) is 0 Å². The predicted octanol–water partition coefficient (Wildman–Crippen LogP) is 4.95. The molecule has 6 nitrogen and oxygen atoms in total. The minimum atomic E-state index is -0.324. The summed E-state index contributed by atoms with van der Waals surface area (Å²) >= 11 is 0. The zero-order valence-corrected chi connectivity index (χ0v) is 16.2. The molecule has 150 valence electrons. The van der Waals surface area contributed by atoms with Crippen LogP contribution in [0.5, 0.6) is 0 Å². The van der Waals surface area contributed by atoms with E-state index in [0.717, 1.165) is 29.4 Å². The summed E-state index contributed by atoms with van der Waals surface area (Å²) in [4.78, 5) is 24.6. The first kappa shape index (κ1) is 18.2. The van der Waals surface area contributed by atoms with Crippen molar-refractivity contribution in [1.82, 2.24) is 0 Å². The summed E-state index contributed by atoms with van der Waals surface area (Å²) in [5, 5.41) is 6.65. The average molecular weight is 400 g/mol. The van der Waals surface area contributed by atoms with Crippen molar-refractivity contribution in [1.29, 1.82) is 0 Å². The van der Waals surface area contributed by atoms with E-state index in [9.17, 15) is 9.59 Å². The van der Waals surface area contributed by atoms with E-state index in [1.54, 1.807) is 42.7 Å². The maximum Gasteiger partial charge on any atom is 0.291 e. The van der Waals surface area contributed by atoms with E-state index in [2.05, 4.69) is 22.8 Å². The number of benzene rings is 2. The summed E-state index contributed by atoms with van der Waals surface area (Å²) in [6, 6.07) is 14.5. The Morgan fingerprint density at radius 3 is 2.37 bits per heavy atom. The molecule has 30 heavy (non-hydrogen) atoms. The molecule has 6 heteroatoms. The standard InChI is InChI=1S/C24H20N2O4/c27-23(13-17-14-30-22-12-16-4-1-3-15(16)11-20(17)22)25-18-6-8-19(9-7-18)26-24(28)21-5-2-10-29-21/h2,5-12,14H,1,3-4,13H2,(H,25,27)(H,26,28). The Morgan fingerprint density at radius 2 is 1.63 bits per heavy atom. The van der Waals surface area contributed by atoms with Crippen LogP contribution in [0.4, 0.5) is 11.4 Å². The highest BCUT2D eigenvalue weighted by Gasteiger charge is 2.17. The minimum Gasteiger partial charge on any atom is -0.464 e. The van der Waals surface area contributed by atoms with Crippen LogP contribution in [-0.4, -0.2) is 11.8 Å². The molecule has 1 aliphatic rings. The molecule has 2 aromatic heterocycles. The lowest BCUT2D eigenvalue weighted by atomic mass is 10.0. The number of anilines is 2. The number of hydrogen-bond donors (Lipinski definition) is 2. The molecule has 1 aliphatic carbocycles. The van der Waals surface area contributed by atoms with Gasteiger partial charge in [0, 0.05) is 22.3 Å². The van der Waals surface area contributed by atoms with Crippen LogP contribution in [0.3, 0.4) is 0 Å². The third kappa shape index (κ3) is 3.59. The molecule has 2 heterocycles. The first-order valence-electron chi connectivity index (χ1n) is 9.92. The SMILES string of the molecule is O=C(Cc1coc2cc3c(cc12)CCC3)Nc1ccc(NC(=O)c2ccco2)cc1. The van der Waals surface area contributed by atoms with E-state index in [0.29, 0.717) is 11.4 Å². The number of nitrogens with one attached hydrogen (secondary N) is 2. The molecule has 2 N–H and O–H groups in total. The van der Waals surface area contributed by atoms with Gasteiger partial charge < -0.3 is 19.5 Å². The number of rotatable bonds is 5. The zero-order valence-electron chi connectivity index (χ0n) is 16.2. The molecule has 0 fully saturated rings.